The normalized spacial score (nSPS) is 11.6. The number of rotatable bonds is 5. The van der Waals surface area contributed by atoms with E-state index in [4.69, 9.17) is 19.4 Å². The monoisotopic (exact) mass is 701 g/mol. The number of hydrogen-bond donors (Lipinski definition) is 0. The molecule has 9 aromatic carbocycles. The summed E-state index contributed by atoms with van der Waals surface area (Å²) < 4.78 is 6.43. The second kappa shape index (κ2) is 12.6. The molecule has 0 radical (unpaired) electrons. The van der Waals surface area contributed by atoms with Crippen molar-refractivity contribution in [2.24, 2.45) is 0 Å². The van der Waals surface area contributed by atoms with Gasteiger partial charge in [0.05, 0.1) is 0 Å². The molecule has 11 aromatic rings. The first-order chi connectivity index (χ1) is 27.3. The van der Waals surface area contributed by atoms with Crippen molar-refractivity contribution in [1.82, 2.24) is 15.0 Å². The summed E-state index contributed by atoms with van der Waals surface area (Å²) in [6, 6.07) is 65.7. The van der Waals surface area contributed by atoms with Crippen molar-refractivity contribution < 1.29 is 4.42 Å². The van der Waals surface area contributed by atoms with Gasteiger partial charge in [0.15, 0.2) is 17.5 Å². The molecule has 0 fully saturated rings. The maximum atomic E-state index is 6.43. The summed E-state index contributed by atoms with van der Waals surface area (Å²) in [5.74, 6) is 1.91. The quantitative estimate of drug-likeness (QED) is 0.168. The van der Waals surface area contributed by atoms with Crippen LogP contribution in [0.3, 0.4) is 0 Å². The van der Waals surface area contributed by atoms with Gasteiger partial charge in [0, 0.05) is 33.0 Å². The van der Waals surface area contributed by atoms with Crippen molar-refractivity contribution in [3.8, 4) is 56.4 Å². The molecule has 0 aliphatic carbocycles. The van der Waals surface area contributed by atoms with Crippen molar-refractivity contribution in [3.05, 3.63) is 188 Å². The van der Waals surface area contributed by atoms with E-state index in [-0.39, 0.29) is 0 Å². The first-order valence-electron chi connectivity index (χ1n) is 18.5. The van der Waals surface area contributed by atoms with Gasteiger partial charge in [-0.1, -0.05) is 170 Å². The Morgan fingerprint density at radius 2 is 0.800 bits per heavy atom. The molecule has 0 bridgehead atoms. The molecule has 0 saturated heterocycles. The van der Waals surface area contributed by atoms with Crippen LogP contribution in [0.5, 0.6) is 0 Å². The van der Waals surface area contributed by atoms with Crippen LogP contribution in [0.4, 0.5) is 0 Å². The van der Waals surface area contributed by atoms with E-state index >= 15 is 0 Å². The van der Waals surface area contributed by atoms with Crippen LogP contribution in [0.15, 0.2) is 192 Å². The Morgan fingerprint density at radius 1 is 0.291 bits per heavy atom. The first kappa shape index (κ1) is 31.1. The van der Waals surface area contributed by atoms with Crippen molar-refractivity contribution in [1.29, 1.82) is 0 Å². The Kier molecular flexibility index (Phi) is 7.14. The van der Waals surface area contributed by atoms with Gasteiger partial charge in [-0.2, -0.15) is 0 Å². The molecule has 2 aromatic heterocycles. The highest BCUT2D eigenvalue weighted by molar-refractivity contribution is 6.21. The summed E-state index contributed by atoms with van der Waals surface area (Å²) in [7, 11) is 0. The van der Waals surface area contributed by atoms with Gasteiger partial charge in [-0.05, 0) is 67.2 Å². The highest BCUT2D eigenvalue weighted by Crippen LogP contribution is 2.45. The fourth-order valence-corrected chi connectivity index (χ4v) is 8.15. The summed E-state index contributed by atoms with van der Waals surface area (Å²) in [6.07, 6.45) is 0. The van der Waals surface area contributed by atoms with Gasteiger partial charge >= 0.3 is 0 Å². The molecule has 0 saturated carbocycles. The second-order valence-electron chi connectivity index (χ2n) is 13.9. The van der Waals surface area contributed by atoms with Gasteiger partial charge in [-0.3, -0.25) is 0 Å². The largest absolute Gasteiger partial charge is 0.456 e. The molecule has 2 heterocycles. The molecule has 55 heavy (non-hydrogen) atoms. The van der Waals surface area contributed by atoms with Gasteiger partial charge in [-0.25, -0.2) is 15.0 Å². The van der Waals surface area contributed by atoms with E-state index in [0.717, 1.165) is 77.0 Å². The smallest absolute Gasteiger partial charge is 0.165 e. The Hall–Kier alpha value is -7.43. The zero-order valence-electron chi connectivity index (χ0n) is 29.6. The lowest BCUT2D eigenvalue weighted by molar-refractivity contribution is 0.669. The first-order valence-corrected chi connectivity index (χ1v) is 18.5. The SMILES string of the molecule is c1ccc(-c2nc(-c3ccccc3)nc(-c3c(-c4ccc(-c5ccc6c(c5)oc5ccc7ccccc7c56)cc4)c4ccccc4c4ccccc34)n2)cc1. The third-order valence-corrected chi connectivity index (χ3v) is 10.7. The number of furan rings is 1. The summed E-state index contributed by atoms with van der Waals surface area (Å²) in [6.45, 7) is 0. The van der Waals surface area contributed by atoms with Gasteiger partial charge in [0.25, 0.3) is 0 Å². The van der Waals surface area contributed by atoms with Gasteiger partial charge in [0.2, 0.25) is 0 Å². The van der Waals surface area contributed by atoms with Crippen LogP contribution in [0.25, 0.3) is 111 Å². The van der Waals surface area contributed by atoms with Crippen LogP contribution in [-0.4, -0.2) is 15.0 Å². The highest BCUT2D eigenvalue weighted by atomic mass is 16.3. The van der Waals surface area contributed by atoms with Crippen molar-refractivity contribution in [3.63, 3.8) is 0 Å². The lowest BCUT2D eigenvalue weighted by Crippen LogP contribution is -2.02. The fourth-order valence-electron chi connectivity index (χ4n) is 8.15. The molecule has 0 amide bonds. The zero-order chi connectivity index (χ0) is 36.3. The molecule has 0 aliphatic heterocycles. The van der Waals surface area contributed by atoms with Gasteiger partial charge < -0.3 is 4.42 Å². The number of nitrogens with zero attached hydrogens (tertiary/aromatic N) is 3. The molecular formula is C51H31N3O. The predicted molar refractivity (Wildman–Crippen MR) is 227 cm³/mol. The number of fused-ring (bicyclic) bond motifs is 8. The molecule has 4 heteroatoms. The average Bonchev–Trinajstić information content (AvgIpc) is 3.65. The Morgan fingerprint density at radius 3 is 1.45 bits per heavy atom. The van der Waals surface area contributed by atoms with Crippen molar-refractivity contribution >= 4 is 54.3 Å². The predicted octanol–water partition coefficient (Wildman–Crippen LogP) is 13.6. The third-order valence-electron chi connectivity index (χ3n) is 10.7. The highest BCUT2D eigenvalue weighted by Gasteiger charge is 2.22. The molecule has 256 valence electrons. The van der Waals surface area contributed by atoms with Crippen LogP contribution in [-0.2, 0) is 0 Å². The Labute approximate surface area is 317 Å². The standard InChI is InChI=1S/C51H31N3O/c1-3-14-35(15-4-1)49-52-50(36-16-5-2-6-17-36)54-51(53-49)48-42-22-12-10-20-40(42)39-19-9-11-21-41(39)46(48)34-25-23-32(24-26-34)37-27-29-43-45(31-37)55-44-30-28-33-13-7-8-18-38(33)47(43)44/h1-31H. The van der Waals surface area contributed by atoms with Gasteiger partial charge in [-0.15, -0.1) is 0 Å². The minimum atomic E-state index is 0.636. The molecule has 0 atom stereocenters. The minimum absolute atomic E-state index is 0.636. The number of aromatic nitrogens is 3. The van der Waals surface area contributed by atoms with Crippen LogP contribution in [0.2, 0.25) is 0 Å². The molecule has 4 nitrogen and oxygen atoms in total. The van der Waals surface area contributed by atoms with Gasteiger partial charge in [0.1, 0.15) is 11.2 Å². The Bertz CT molecular complexity index is 3180. The summed E-state index contributed by atoms with van der Waals surface area (Å²) in [5, 5.41) is 9.28. The van der Waals surface area contributed by atoms with Crippen LogP contribution in [0.1, 0.15) is 0 Å². The number of hydrogen-bond acceptors (Lipinski definition) is 4. The maximum absolute atomic E-state index is 6.43. The second-order valence-corrected chi connectivity index (χ2v) is 13.9. The molecule has 0 N–H and O–H groups in total. The van der Waals surface area contributed by atoms with Crippen molar-refractivity contribution in [2.75, 3.05) is 0 Å². The number of benzene rings is 9. The van der Waals surface area contributed by atoms with E-state index in [0.29, 0.717) is 17.5 Å². The zero-order valence-corrected chi connectivity index (χ0v) is 29.6. The van der Waals surface area contributed by atoms with E-state index < -0.39 is 0 Å². The lowest BCUT2D eigenvalue weighted by Gasteiger charge is -2.18. The van der Waals surface area contributed by atoms with Crippen LogP contribution in [0, 0.1) is 0 Å². The van der Waals surface area contributed by atoms with Crippen LogP contribution >= 0.6 is 0 Å². The summed E-state index contributed by atoms with van der Waals surface area (Å²) in [4.78, 5) is 15.5. The topological polar surface area (TPSA) is 51.8 Å². The minimum Gasteiger partial charge on any atom is -0.456 e. The van der Waals surface area contributed by atoms with E-state index in [2.05, 4.69) is 152 Å². The maximum Gasteiger partial charge on any atom is 0.165 e. The molecule has 0 unspecified atom stereocenters. The van der Waals surface area contributed by atoms with E-state index in [1.54, 1.807) is 0 Å². The third kappa shape index (κ3) is 5.19. The summed E-state index contributed by atoms with van der Waals surface area (Å²) >= 11 is 0. The molecule has 11 rings (SSSR count). The molecular weight excluding hydrogens is 671 g/mol. The Balaban J connectivity index is 1.12. The van der Waals surface area contributed by atoms with E-state index in [9.17, 15) is 0 Å². The molecule has 0 aliphatic rings. The lowest BCUT2D eigenvalue weighted by atomic mass is 9.87. The van der Waals surface area contributed by atoms with Crippen molar-refractivity contribution in [2.45, 2.75) is 0 Å². The summed E-state index contributed by atoms with van der Waals surface area (Å²) in [5.41, 5.74) is 9.03. The molecule has 0 spiro atoms. The average molecular weight is 702 g/mol. The fraction of sp³-hybridized carbons (Fsp3) is 0. The van der Waals surface area contributed by atoms with E-state index in [1.807, 2.05) is 36.4 Å². The van der Waals surface area contributed by atoms with E-state index in [1.165, 1.54) is 16.2 Å². The van der Waals surface area contributed by atoms with Crippen LogP contribution < -0.4 is 0 Å².